The number of benzene rings is 1. The van der Waals surface area contributed by atoms with Gasteiger partial charge in [0.1, 0.15) is 12.4 Å². The molecule has 0 heterocycles. The average Bonchev–Trinajstić information content (AvgIpc) is 2.41. The number of nitrogens with one attached hydrogen (secondary N) is 1. The first-order valence-electron chi connectivity index (χ1n) is 7.82. The van der Waals surface area contributed by atoms with Crippen molar-refractivity contribution in [2.75, 3.05) is 13.2 Å². The molecule has 1 rings (SSSR count). The first kappa shape index (κ1) is 18.0. The smallest absolute Gasteiger partial charge is 0.119 e. The molecule has 0 saturated heterocycles. The van der Waals surface area contributed by atoms with Gasteiger partial charge >= 0.3 is 0 Å². The van der Waals surface area contributed by atoms with Gasteiger partial charge in [0.05, 0.1) is 12.2 Å². The molecule has 0 aliphatic rings. The molecule has 1 N–H and O–H groups in total. The normalized spacial score (nSPS) is 12.5. The molecular weight excluding hydrogens is 262 g/mol. The van der Waals surface area contributed by atoms with E-state index in [4.69, 9.17) is 9.47 Å². The summed E-state index contributed by atoms with van der Waals surface area (Å²) >= 11 is 0. The quantitative estimate of drug-likeness (QED) is 0.730. The van der Waals surface area contributed by atoms with Crippen molar-refractivity contribution in [3.8, 4) is 5.75 Å². The van der Waals surface area contributed by atoms with Gasteiger partial charge in [-0.2, -0.15) is 0 Å². The summed E-state index contributed by atoms with van der Waals surface area (Å²) < 4.78 is 11.6. The van der Waals surface area contributed by atoms with Crippen LogP contribution in [0.1, 0.15) is 53.5 Å². The summed E-state index contributed by atoms with van der Waals surface area (Å²) in [5.74, 6) is 0.904. The Morgan fingerprint density at radius 3 is 2.38 bits per heavy atom. The van der Waals surface area contributed by atoms with Crippen molar-refractivity contribution >= 4 is 0 Å². The molecule has 0 bridgehead atoms. The van der Waals surface area contributed by atoms with Crippen molar-refractivity contribution in [3.63, 3.8) is 0 Å². The van der Waals surface area contributed by atoms with Gasteiger partial charge in [-0.05, 0) is 58.7 Å². The fourth-order valence-electron chi connectivity index (χ4n) is 1.69. The minimum atomic E-state index is -0.0676. The molecule has 0 fully saturated rings. The highest BCUT2D eigenvalue weighted by Crippen LogP contribution is 2.16. The fourth-order valence-corrected chi connectivity index (χ4v) is 1.69. The van der Waals surface area contributed by atoms with Crippen molar-refractivity contribution < 1.29 is 9.47 Å². The lowest BCUT2D eigenvalue weighted by Crippen LogP contribution is -2.35. The van der Waals surface area contributed by atoms with Crippen LogP contribution in [0.3, 0.4) is 0 Å². The molecule has 0 amide bonds. The van der Waals surface area contributed by atoms with Gasteiger partial charge in [0.25, 0.3) is 0 Å². The van der Waals surface area contributed by atoms with Crippen molar-refractivity contribution in [2.45, 2.75) is 65.6 Å². The molecule has 0 atom stereocenters. The van der Waals surface area contributed by atoms with Gasteiger partial charge in [0.15, 0.2) is 0 Å². The highest BCUT2D eigenvalue weighted by Gasteiger charge is 2.14. The van der Waals surface area contributed by atoms with Crippen LogP contribution in [-0.4, -0.2) is 24.4 Å². The van der Waals surface area contributed by atoms with E-state index < -0.39 is 0 Å². The van der Waals surface area contributed by atoms with Crippen LogP contribution in [-0.2, 0) is 11.3 Å². The first-order chi connectivity index (χ1) is 9.72. The van der Waals surface area contributed by atoms with Crippen molar-refractivity contribution in [1.29, 1.82) is 0 Å². The molecule has 0 saturated carbocycles. The summed E-state index contributed by atoms with van der Waals surface area (Å²) in [7, 11) is 0. The molecule has 1 aromatic rings. The maximum atomic E-state index is 5.79. The minimum absolute atomic E-state index is 0.0676. The summed E-state index contributed by atoms with van der Waals surface area (Å²) in [4.78, 5) is 0. The van der Waals surface area contributed by atoms with E-state index in [2.05, 4.69) is 59.0 Å². The summed E-state index contributed by atoms with van der Waals surface area (Å²) in [5, 5.41) is 3.48. The van der Waals surface area contributed by atoms with E-state index in [0.717, 1.165) is 18.7 Å². The van der Waals surface area contributed by atoms with E-state index >= 15 is 0 Å². The zero-order chi connectivity index (χ0) is 15.9. The molecule has 0 radical (unpaired) electrons. The van der Waals surface area contributed by atoms with Crippen LogP contribution in [0.5, 0.6) is 5.75 Å². The molecule has 0 unspecified atom stereocenters. The van der Waals surface area contributed by atoms with Gasteiger partial charge in [0.2, 0.25) is 0 Å². The Balaban J connectivity index is 2.39. The topological polar surface area (TPSA) is 30.5 Å². The number of hydrogen-bond acceptors (Lipinski definition) is 3. The van der Waals surface area contributed by atoms with Crippen LogP contribution >= 0.6 is 0 Å². The second-order valence-electron chi connectivity index (χ2n) is 7.06. The summed E-state index contributed by atoms with van der Waals surface area (Å²) in [6, 6.07) is 8.23. The molecule has 3 nitrogen and oxygen atoms in total. The standard InChI is InChI=1S/C18H31NO2/c1-7-18(5,6)21-12-11-20-16-10-8-9-15(13-16)14-19-17(2,3)4/h8-10,13,19H,7,11-12,14H2,1-6H3. The Morgan fingerprint density at radius 1 is 1.05 bits per heavy atom. The van der Waals surface area contributed by atoms with Gasteiger partial charge < -0.3 is 14.8 Å². The lowest BCUT2D eigenvalue weighted by molar-refractivity contribution is -0.0317. The van der Waals surface area contributed by atoms with Crippen LogP contribution in [0.15, 0.2) is 24.3 Å². The minimum Gasteiger partial charge on any atom is -0.491 e. The molecule has 21 heavy (non-hydrogen) atoms. The lowest BCUT2D eigenvalue weighted by Gasteiger charge is -2.23. The van der Waals surface area contributed by atoms with Crippen LogP contribution in [0.2, 0.25) is 0 Å². The van der Waals surface area contributed by atoms with Gasteiger partial charge in [-0.15, -0.1) is 0 Å². The Morgan fingerprint density at radius 2 is 1.76 bits per heavy atom. The van der Waals surface area contributed by atoms with Gasteiger partial charge in [-0.25, -0.2) is 0 Å². The summed E-state index contributed by atoms with van der Waals surface area (Å²) in [5.41, 5.74) is 1.29. The predicted molar refractivity (Wildman–Crippen MR) is 88.9 cm³/mol. The molecular formula is C18H31NO2. The van der Waals surface area contributed by atoms with Gasteiger partial charge in [-0.1, -0.05) is 19.1 Å². The molecule has 120 valence electrons. The maximum absolute atomic E-state index is 5.79. The maximum Gasteiger partial charge on any atom is 0.119 e. The second kappa shape index (κ2) is 7.81. The predicted octanol–water partition coefficient (Wildman–Crippen LogP) is 4.16. The Labute approximate surface area is 130 Å². The molecule has 0 spiro atoms. The van der Waals surface area contributed by atoms with Crippen LogP contribution in [0.25, 0.3) is 0 Å². The first-order valence-corrected chi connectivity index (χ1v) is 7.82. The van der Waals surface area contributed by atoms with Crippen LogP contribution in [0, 0.1) is 0 Å². The van der Waals surface area contributed by atoms with Crippen molar-refractivity contribution in [3.05, 3.63) is 29.8 Å². The zero-order valence-electron chi connectivity index (χ0n) is 14.5. The molecule has 1 aromatic carbocycles. The molecule has 0 aliphatic carbocycles. The number of ether oxygens (including phenoxy) is 2. The Kier molecular flexibility index (Phi) is 6.69. The Hall–Kier alpha value is -1.06. The third-order valence-electron chi connectivity index (χ3n) is 3.42. The number of hydrogen-bond donors (Lipinski definition) is 1. The largest absolute Gasteiger partial charge is 0.491 e. The zero-order valence-corrected chi connectivity index (χ0v) is 14.5. The average molecular weight is 293 g/mol. The molecule has 3 heteroatoms. The van der Waals surface area contributed by atoms with E-state index in [9.17, 15) is 0 Å². The van der Waals surface area contributed by atoms with E-state index in [1.807, 2.05) is 12.1 Å². The highest BCUT2D eigenvalue weighted by atomic mass is 16.5. The summed E-state index contributed by atoms with van der Waals surface area (Å²) in [6.07, 6.45) is 1.00. The monoisotopic (exact) mass is 293 g/mol. The van der Waals surface area contributed by atoms with Crippen molar-refractivity contribution in [2.24, 2.45) is 0 Å². The van der Waals surface area contributed by atoms with Crippen LogP contribution in [0.4, 0.5) is 0 Å². The summed E-state index contributed by atoms with van der Waals surface area (Å²) in [6.45, 7) is 14.9. The lowest BCUT2D eigenvalue weighted by atomic mass is 10.1. The van der Waals surface area contributed by atoms with Gasteiger partial charge in [0, 0.05) is 12.1 Å². The van der Waals surface area contributed by atoms with E-state index in [1.165, 1.54) is 5.56 Å². The van der Waals surface area contributed by atoms with E-state index in [-0.39, 0.29) is 11.1 Å². The third kappa shape index (κ3) is 8.08. The highest BCUT2D eigenvalue weighted by molar-refractivity contribution is 5.28. The van der Waals surface area contributed by atoms with Crippen LogP contribution < -0.4 is 10.1 Å². The van der Waals surface area contributed by atoms with Gasteiger partial charge in [-0.3, -0.25) is 0 Å². The third-order valence-corrected chi connectivity index (χ3v) is 3.42. The molecule has 0 aliphatic heterocycles. The number of rotatable bonds is 8. The molecule has 0 aromatic heterocycles. The fraction of sp³-hybridized carbons (Fsp3) is 0.667. The Bertz CT molecular complexity index is 421. The SMILES string of the molecule is CCC(C)(C)OCCOc1cccc(CNC(C)(C)C)c1. The van der Waals surface area contributed by atoms with Crippen molar-refractivity contribution in [1.82, 2.24) is 5.32 Å². The second-order valence-corrected chi connectivity index (χ2v) is 7.06. The van der Waals surface area contributed by atoms with E-state index in [0.29, 0.717) is 13.2 Å². The van der Waals surface area contributed by atoms with E-state index in [1.54, 1.807) is 0 Å².